The highest BCUT2D eigenvalue weighted by Gasteiger charge is 2.19. The highest BCUT2D eigenvalue weighted by Crippen LogP contribution is 2.38. The number of aromatic nitrogens is 2. The number of furan rings is 2. The predicted octanol–water partition coefficient (Wildman–Crippen LogP) is 9.79. The van der Waals surface area contributed by atoms with Crippen LogP contribution in [0.5, 0.6) is 0 Å². The maximum absolute atomic E-state index is 6.37. The molecule has 4 nitrogen and oxygen atoms in total. The van der Waals surface area contributed by atoms with Gasteiger partial charge in [0.05, 0.1) is 11.3 Å². The van der Waals surface area contributed by atoms with Gasteiger partial charge in [-0.1, -0.05) is 103 Å². The Morgan fingerprint density at radius 1 is 0.450 bits per heavy atom. The molecule has 188 valence electrons. The van der Waals surface area contributed by atoms with Crippen LogP contribution in [0, 0.1) is 0 Å². The summed E-state index contributed by atoms with van der Waals surface area (Å²) < 4.78 is 12.6. The maximum atomic E-state index is 6.37. The normalized spacial score (nSPS) is 11.5. The molecular formula is C36H22N2O2. The number of para-hydroxylation sites is 3. The van der Waals surface area contributed by atoms with Crippen LogP contribution in [0.2, 0.25) is 0 Å². The first-order valence-corrected chi connectivity index (χ1v) is 13.3. The molecule has 5 aromatic carbocycles. The number of fused-ring (bicyclic) bond motifs is 4. The molecule has 0 amide bonds. The molecule has 0 saturated heterocycles. The molecule has 0 aliphatic rings. The number of hydrogen-bond donors (Lipinski definition) is 0. The third-order valence-corrected chi connectivity index (χ3v) is 7.34. The fraction of sp³-hybridized carbons (Fsp3) is 0. The van der Waals surface area contributed by atoms with E-state index in [1.165, 1.54) is 0 Å². The summed E-state index contributed by atoms with van der Waals surface area (Å²) in [5.74, 6) is 1.28. The topological polar surface area (TPSA) is 52.1 Å². The average molecular weight is 515 g/mol. The van der Waals surface area contributed by atoms with Crippen molar-refractivity contribution in [3.63, 3.8) is 0 Å². The molecule has 3 heterocycles. The van der Waals surface area contributed by atoms with Gasteiger partial charge in [0, 0.05) is 21.7 Å². The lowest BCUT2D eigenvalue weighted by atomic mass is 9.97. The van der Waals surface area contributed by atoms with Gasteiger partial charge in [-0.15, -0.1) is 0 Å². The minimum atomic E-state index is 0.584. The first kappa shape index (κ1) is 22.5. The van der Waals surface area contributed by atoms with E-state index in [1.54, 1.807) is 0 Å². The second-order valence-electron chi connectivity index (χ2n) is 9.80. The summed E-state index contributed by atoms with van der Waals surface area (Å²) in [5.41, 5.74) is 8.05. The van der Waals surface area contributed by atoms with Gasteiger partial charge >= 0.3 is 0 Å². The molecule has 0 bridgehead atoms. The Labute approximate surface area is 230 Å². The molecule has 0 fully saturated rings. The highest BCUT2D eigenvalue weighted by atomic mass is 16.3. The zero-order valence-electron chi connectivity index (χ0n) is 21.4. The first-order valence-electron chi connectivity index (χ1n) is 13.3. The molecule has 0 N–H and O–H groups in total. The SMILES string of the molecule is c1ccc(-c2ccccc2-c2cc(-c3cc4ccccc4o3)nc(-c3cccc4c3oc3ccccc34)n2)cc1. The quantitative estimate of drug-likeness (QED) is 0.234. The number of rotatable bonds is 4. The Morgan fingerprint density at radius 2 is 1.12 bits per heavy atom. The largest absolute Gasteiger partial charge is 0.455 e. The van der Waals surface area contributed by atoms with Crippen LogP contribution >= 0.6 is 0 Å². The Hall–Kier alpha value is -5.48. The van der Waals surface area contributed by atoms with Gasteiger partial charge in [0.2, 0.25) is 0 Å². The minimum absolute atomic E-state index is 0.584. The Balaban J connectivity index is 1.40. The van der Waals surface area contributed by atoms with Gasteiger partial charge < -0.3 is 8.83 Å². The van der Waals surface area contributed by atoms with Crippen molar-refractivity contribution in [2.45, 2.75) is 0 Å². The third-order valence-electron chi connectivity index (χ3n) is 7.34. The van der Waals surface area contributed by atoms with E-state index in [1.807, 2.05) is 78.9 Å². The van der Waals surface area contributed by atoms with Crippen molar-refractivity contribution in [2.24, 2.45) is 0 Å². The van der Waals surface area contributed by atoms with Gasteiger partial charge in [-0.3, -0.25) is 0 Å². The predicted molar refractivity (Wildman–Crippen MR) is 161 cm³/mol. The summed E-state index contributed by atoms with van der Waals surface area (Å²) in [6.07, 6.45) is 0. The Bertz CT molecular complexity index is 2140. The molecule has 0 atom stereocenters. The zero-order valence-corrected chi connectivity index (χ0v) is 21.4. The molecule has 4 heteroatoms. The van der Waals surface area contributed by atoms with Gasteiger partial charge in [-0.05, 0) is 41.5 Å². The molecule has 0 aliphatic heterocycles. The van der Waals surface area contributed by atoms with Crippen molar-refractivity contribution >= 4 is 32.9 Å². The summed E-state index contributed by atoms with van der Waals surface area (Å²) in [6, 6.07) is 45.0. The van der Waals surface area contributed by atoms with Crippen molar-refractivity contribution in [3.8, 4) is 45.2 Å². The lowest BCUT2D eigenvalue weighted by molar-refractivity contribution is 0.628. The molecule has 40 heavy (non-hydrogen) atoms. The molecule has 0 aliphatic carbocycles. The first-order chi connectivity index (χ1) is 19.8. The number of benzene rings is 5. The smallest absolute Gasteiger partial charge is 0.164 e. The molecule has 8 rings (SSSR count). The molecule has 0 saturated carbocycles. The fourth-order valence-corrected chi connectivity index (χ4v) is 5.44. The van der Waals surface area contributed by atoms with E-state index in [0.717, 1.165) is 60.9 Å². The van der Waals surface area contributed by atoms with Crippen molar-refractivity contribution in [3.05, 3.63) is 133 Å². The van der Waals surface area contributed by atoms with Crippen molar-refractivity contribution in [2.75, 3.05) is 0 Å². The maximum Gasteiger partial charge on any atom is 0.164 e. The second-order valence-corrected chi connectivity index (χ2v) is 9.80. The van der Waals surface area contributed by atoms with Crippen LogP contribution in [0.4, 0.5) is 0 Å². The summed E-state index contributed by atoms with van der Waals surface area (Å²) in [4.78, 5) is 10.2. The van der Waals surface area contributed by atoms with Crippen molar-refractivity contribution < 1.29 is 8.83 Å². The fourth-order valence-electron chi connectivity index (χ4n) is 5.44. The summed E-state index contributed by atoms with van der Waals surface area (Å²) >= 11 is 0. The number of nitrogens with zero attached hydrogens (tertiary/aromatic N) is 2. The number of hydrogen-bond acceptors (Lipinski definition) is 4. The van der Waals surface area contributed by atoms with Crippen molar-refractivity contribution in [1.29, 1.82) is 0 Å². The Morgan fingerprint density at radius 3 is 2.00 bits per heavy atom. The van der Waals surface area contributed by atoms with Crippen LogP contribution in [0.15, 0.2) is 142 Å². The van der Waals surface area contributed by atoms with Crippen LogP contribution in [0.3, 0.4) is 0 Å². The van der Waals surface area contributed by atoms with Gasteiger partial charge in [-0.25, -0.2) is 9.97 Å². The van der Waals surface area contributed by atoms with Crippen LogP contribution < -0.4 is 0 Å². The van der Waals surface area contributed by atoms with E-state index in [2.05, 4.69) is 54.6 Å². The molecule has 8 aromatic rings. The van der Waals surface area contributed by atoms with E-state index >= 15 is 0 Å². The second kappa shape index (κ2) is 9.07. The van der Waals surface area contributed by atoms with Crippen LogP contribution in [-0.2, 0) is 0 Å². The van der Waals surface area contributed by atoms with E-state index in [0.29, 0.717) is 17.3 Å². The van der Waals surface area contributed by atoms with Gasteiger partial charge in [0.1, 0.15) is 22.4 Å². The highest BCUT2D eigenvalue weighted by molar-refractivity contribution is 6.09. The van der Waals surface area contributed by atoms with E-state index < -0.39 is 0 Å². The van der Waals surface area contributed by atoms with Gasteiger partial charge in [0.25, 0.3) is 0 Å². The lowest BCUT2D eigenvalue weighted by Crippen LogP contribution is -1.97. The average Bonchev–Trinajstić information content (AvgIpc) is 3.63. The molecular weight excluding hydrogens is 492 g/mol. The molecule has 0 spiro atoms. The Kier molecular flexibility index (Phi) is 5.10. The lowest BCUT2D eigenvalue weighted by Gasteiger charge is -2.12. The third kappa shape index (κ3) is 3.69. The zero-order chi connectivity index (χ0) is 26.5. The summed E-state index contributed by atoms with van der Waals surface area (Å²) in [5, 5.41) is 3.14. The molecule has 3 aromatic heterocycles. The molecule has 0 radical (unpaired) electrons. The van der Waals surface area contributed by atoms with Gasteiger partial charge in [0.15, 0.2) is 11.6 Å². The van der Waals surface area contributed by atoms with E-state index in [4.69, 9.17) is 18.8 Å². The van der Waals surface area contributed by atoms with Crippen LogP contribution in [0.25, 0.3) is 78.1 Å². The summed E-state index contributed by atoms with van der Waals surface area (Å²) in [7, 11) is 0. The summed E-state index contributed by atoms with van der Waals surface area (Å²) in [6.45, 7) is 0. The minimum Gasteiger partial charge on any atom is -0.455 e. The van der Waals surface area contributed by atoms with Crippen molar-refractivity contribution in [1.82, 2.24) is 9.97 Å². The molecule has 0 unspecified atom stereocenters. The monoisotopic (exact) mass is 514 g/mol. The standard InChI is InChI=1S/C36H22N2O2/c1-2-11-23(12-3-1)25-14-5-6-15-26(25)30-22-31(34-21-24-13-4-8-19-32(24)39-34)38-36(37-30)29-18-10-17-28-27-16-7-9-20-33(27)40-35(28)29/h1-22H. The van der Waals surface area contributed by atoms with E-state index in [9.17, 15) is 0 Å². The van der Waals surface area contributed by atoms with Crippen LogP contribution in [-0.4, -0.2) is 9.97 Å². The van der Waals surface area contributed by atoms with Gasteiger partial charge in [-0.2, -0.15) is 0 Å². The van der Waals surface area contributed by atoms with E-state index in [-0.39, 0.29) is 0 Å². The van der Waals surface area contributed by atoms with Crippen LogP contribution in [0.1, 0.15) is 0 Å².